The number of carbonyl (C=O) groups is 1. The van der Waals surface area contributed by atoms with Gasteiger partial charge in [0.15, 0.2) is 0 Å². The molecule has 0 aliphatic carbocycles. The number of aromatic nitrogens is 1. The molecule has 3 nitrogen and oxygen atoms in total. The molecule has 0 amide bonds. The van der Waals surface area contributed by atoms with E-state index in [1.165, 1.54) is 11.3 Å². The molecule has 0 saturated heterocycles. The van der Waals surface area contributed by atoms with Gasteiger partial charge in [0.1, 0.15) is 15.5 Å². The third kappa shape index (κ3) is 2.47. The molecule has 0 fully saturated rings. The second-order valence-corrected chi connectivity index (χ2v) is 6.39. The van der Waals surface area contributed by atoms with Crippen LogP contribution in [-0.4, -0.2) is 15.9 Å². The van der Waals surface area contributed by atoms with Gasteiger partial charge in [0, 0.05) is 11.1 Å². The Morgan fingerprint density at radius 1 is 0.875 bits per heavy atom. The Bertz CT molecular complexity index is 1020. The zero-order chi connectivity index (χ0) is 16.5. The van der Waals surface area contributed by atoms with Gasteiger partial charge in [-0.25, -0.2) is 4.98 Å². The first-order chi connectivity index (χ1) is 11.7. The smallest absolute Gasteiger partial charge is 0.206 e. The Morgan fingerprint density at radius 3 is 2.25 bits per heavy atom. The topological polar surface area (TPSA) is 50.2 Å². The molecule has 0 bridgehead atoms. The van der Waals surface area contributed by atoms with Gasteiger partial charge < -0.3 is 5.11 Å². The van der Waals surface area contributed by atoms with Crippen LogP contribution in [0.1, 0.15) is 15.2 Å². The minimum absolute atomic E-state index is 0.0102. The summed E-state index contributed by atoms with van der Waals surface area (Å²) in [5.74, 6) is -0.173. The monoisotopic (exact) mass is 331 g/mol. The highest BCUT2D eigenvalue weighted by Crippen LogP contribution is 2.38. The number of rotatable bonds is 3. The maximum Gasteiger partial charge on any atom is 0.206 e. The minimum Gasteiger partial charge on any atom is -0.506 e. The molecule has 0 spiro atoms. The molecule has 4 rings (SSSR count). The molecule has 2 heterocycles. The van der Waals surface area contributed by atoms with E-state index >= 15 is 0 Å². The van der Waals surface area contributed by atoms with Gasteiger partial charge in [-0.15, -0.1) is 11.3 Å². The number of hydrogen-bond donors (Lipinski definition) is 1. The molecule has 4 aromatic rings. The van der Waals surface area contributed by atoms with Crippen molar-refractivity contribution in [2.45, 2.75) is 0 Å². The van der Waals surface area contributed by atoms with Gasteiger partial charge in [-0.1, -0.05) is 60.7 Å². The van der Waals surface area contributed by atoms with Gasteiger partial charge in [-0.2, -0.15) is 0 Å². The minimum atomic E-state index is -0.183. The van der Waals surface area contributed by atoms with Gasteiger partial charge in [0.25, 0.3) is 0 Å². The molecule has 0 aliphatic rings. The molecule has 24 heavy (non-hydrogen) atoms. The maximum atomic E-state index is 12.6. The van der Waals surface area contributed by atoms with E-state index in [-0.39, 0.29) is 11.5 Å². The highest BCUT2D eigenvalue weighted by Gasteiger charge is 2.20. The van der Waals surface area contributed by atoms with Crippen LogP contribution in [0.2, 0.25) is 0 Å². The Labute approximate surface area is 142 Å². The lowest BCUT2D eigenvalue weighted by Gasteiger charge is -2.00. The summed E-state index contributed by atoms with van der Waals surface area (Å²) >= 11 is 1.23. The van der Waals surface area contributed by atoms with E-state index in [4.69, 9.17) is 0 Å². The lowest BCUT2D eigenvalue weighted by Crippen LogP contribution is -1.97. The zero-order valence-corrected chi connectivity index (χ0v) is 13.5. The summed E-state index contributed by atoms with van der Waals surface area (Å²) in [7, 11) is 0. The molecule has 116 valence electrons. The molecule has 2 aromatic heterocycles. The normalized spacial score (nSPS) is 10.8. The van der Waals surface area contributed by atoms with Gasteiger partial charge in [0.2, 0.25) is 5.78 Å². The predicted octanol–water partition coefficient (Wildman–Crippen LogP) is 4.90. The molecular weight excluding hydrogens is 318 g/mol. The Balaban J connectivity index is 1.82. The maximum absolute atomic E-state index is 12.6. The van der Waals surface area contributed by atoms with Crippen molar-refractivity contribution >= 4 is 27.3 Å². The number of fused-ring (bicyclic) bond motifs is 1. The summed E-state index contributed by atoms with van der Waals surface area (Å²) in [6, 6.07) is 22.5. The third-order valence-electron chi connectivity index (χ3n) is 3.84. The number of carbonyl (C=O) groups excluding carboxylic acids is 1. The lowest BCUT2D eigenvalue weighted by molar-refractivity contribution is 0.104. The number of benzene rings is 2. The van der Waals surface area contributed by atoms with Crippen LogP contribution in [-0.2, 0) is 0 Å². The molecule has 2 aromatic carbocycles. The van der Waals surface area contributed by atoms with Gasteiger partial charge in [-0.05, 0) is 12.1 Å². The van der Waals surface area contributed by atoms with E-state index in [2.05, 4.69) is 4.98 Å². The number of ketones is 1. The van der Waals surface area contributed by atoms with Crippen molar-refractivity contribution in [3.8, 4) is 17.0 Å². The van der Waals surface area contributed by atoms with Crippen molar-refractivity contribution in [2.75, 3.05) is 0 Å². The van der Waals surface area contributed by atoms with Crippen LogP contribution >= 0.6 is 11.3 Å². The van der Waals surface area contributed by atoms with E-state index in [0.717, 1.165) is 11.3 Å². The number of pyridine rings is 1. The van der Waals surface area contributed by atoms with Gasteiger partial charge in [-0.3, -0.25) is 4.79 Å². The van der Waals surface area contributed by atoms with E-state index < -0.39 is 0 Å². The van der Waals surface area contributed by atoms with Crippen molar-refractivity contribution < 1.29 is 9.90 Å². The predicted molar refractivity (Wildman–Crippen MR) is 96.6 cm³/mol. The van der Waals surface area contributed by atoms with Crippen molar-refractivity contribution in [1.82, 2.24) is 4.98 Å². The first kappa shape index (κ1) is 14.6. The number of hydrogen-bond acceptors (Lipinski definition) is 4. The second-order valence-electron chi connectivity index (χ2n) is 5.39. The van der Waals surface area contributed by atoms with Crippen LogP contribution in [0, 0.1) is 0 Å². The van der Waals surface area contributed by atoms with E-state index in [9.17, 15) is 9.90 Å². The summed E-state index contributed by atoms with van der Waals surface area (Å²) in [6.07, 6.45) is 0. The average molecular weight is 331 g/mol. The highest BCUT2D eigenvalue weighted by molar-refractivity contribution is 7.21. The van der Waals surface area contributed by atoms with Crippen molar-refractivity contribution in [1.29, 1.82) is 0 Å². The summed E-state index contributed by atoms with van der Waals surface area (Å²) in [5, 5.41) is 11.0. The quantitative estimate of drug-likeness (QED) is 0.543. The molecule has 0 saturated carbocycles. The van der Waals surface area contributed by atoms with Gasteiger partial charge >= 0.3 is 0 Å². The summed E-state index contributed by atoms with van der Waals surface area (Å²) in [6.45, 7) is 0. The van der Waals surface area contributed by atoms with Crippen LogP contribution in [0.3, 0.4) is 0 Å². The molecule has 1 N–H and O–H groups in total. The molecule has 0 atom stereocenters. The standard InChI is InChI=1S/C20H13NO2S/c22-17(14-9-5-2-6-10-14)19-18(23)15-11-12-16(21-20(15)24-19)13-7-3-1-4-8-13/h1-12,23H. The molecular formula is C20H13NO2S. The first-order valence-electron chi connectivity index (χ1n) is 7.52. The fraction of sp³-hybridized carbons (Fsp3) is 0. The molecule has 4 heteroatoms. The Morgan fingerprint density at radius 2 is 1.54 bits per heavy atom. The van der Waals surface area contributed by atoms with Crippen LogP contribution in [0.5, 0.6) is 5.75 Å². The van der Waals surface area contributed by atoms with Crippen LogP contribution < -0.4 is 0 Å². The zero-order valence-electron chi connectivity index (χ0n) is 12.6. The summed E-state index contributed by atoms with van der Waals surface area (Å²) in [4.78, 5) is 18.2. The largest absolute Gasteiger partial charge is 0.506 e. The first-order valence-corrected chi connectivity index (χ1v) is 8.33. The van der Waals surface area contributed by atoms with E-state index in [1.54, 1.807) is 12.1 Å². The average Bonchev–Trinajstić information content (AvgIpc) is 2.99. The fourth-order valence-electron chi connectivity index (χ4n) is 2.61. The summed E-state index contributed by atoms with van der Waals surface area (Å²) < 4.78 is 0. The van der Waals surface area contributed by atoms with Crippen molar-refractivity contribution in [2.24, 2.45) is 0 Å². The lowest BCUT2D eigenvalue weighted by atomic mass is 10.1. The van der Waals surface area contributed by atoms with Crippen molar-refractivity contribution in [3.05, 3.63) is 83.2 Å². The van der Waals surface area contributed by atoms with E-state index in [1.807, 2.05) is 60.7 Å². The summed E-state index contributed by atoms with van der Waals surface area (Å²) in [5.41, 5.74) is 2.38. The molecule has 0 radical (unpaired) electrons. The third-order valence-corrected chi connectivity index (χ3v) is 4.93. The molecule has 0 unspecified atom stereocenters. The Kier molecular flexibility index (Phi) is 3.59. The fourth-order valence-corrected chi connectivity index (χ4v) is 3.64. The van der Waals surface area contributed by atoms with Crippen LogP contribution in [0.4, 0.5) is 0 Å². The Hall–Kier alpha value is -2.98. The SMILES string of the molecule is O=C(c1ccccc1)c1sc2nc(-c3ccccc3)ccc2c1O. The van der Waals surface area contributed by atoms with Crippen LogP contribution in [0.25, 0.3) is 21.5 Å². The number of thiophene rings is 1. The second kappa shape index (κ2) is 5.91. The molecule has 0 aliphatic heterocycles. The highest BCUT2D eigenvalue weighted by atomic mass is 32.1. The number of nitrogens with zero attached hydrogens (tertiary/aromatic N) is 1. The van der Waals surface area contributed by atoms with Gasteiger partial charge in [0.05, 0.1) is 11.1 Å². The van der Waals surface area contributed by atoms with E-state index in [0.29, 0.717) is 20.7 Å². The van der Waals surface area contributed by atoms with Crippen LogP contribution in [0.15, 0.2) is 72.8 Å². The number of aromatic hydroxyl groups is 1. The van der Waals surface area contributed by atoms with Crippen molar-refractivity contribution in [3.63, 3.8) is 0 Å².